The predicted octanol–water partition coefficient (Wildman–Crippen LogP) is 5.06. The van der Waals surface area contributed by atoms with Crippen molar-refractivity contribution in [3.63, 3.8) is 0 Å². The van der Waals surface area contributed by atoms with Gasteiger partial charge in [0, 0.05) is 24.0 Å². The first-order chi connectivity index (χ1) is 12.5. The zero-order valence-electron chi connectivity index (χ0n) is 13.9. The zero-order chi connectivity index (χ0) is 18.5. The molecule has 0 aliphatic heterocycles. The van der Waals surface area contributed by atoms with Crippen LogP contribution in [0.4, 0.5) is 11.5 Å². The van der Waals surface area contributed by atoms with Crippen LogP contribution in [0.5, 0.6) is 5.75 Å². The molecule has 0 bridgehead atoms. The van der Waals surface area contributed by atoms with Crippen molar-refractivity contribution in [3.8, 4) is 5.75 Å². The van der Waals surface area contributed by atoms with Crippen LogP contribution in [0.2, 0.25) is 10.0 Å². The van der Waals surface area contributed by atoms with E-state index in [2.05, 4.69) is 15.7 Å². The minimum atomic E-state index is 0.443. The SMILES string of the molecule is COc1cccc(NC(=S)Nc2ccn(Cc3ccc(Cl)c(Cl)c3)n2)c1. The predicted molar refractivity (Wildman–Crippen MR) is 111 cm³/mol. The van der Waals surface area contributed by atoms with Gasteiger partial charge in [-0.2, -0.15) is 5.10 Å². The first-order valence-corrected chi connectivity index (χ1v) is 8.89. The maximum atomic E-state index is 6.04. The number of benzene rings is 2. The van der Waals surface area contributed by atoms with E-state index >= 15 is 0 Å². The van der Waals surface area contributed by atoms with Gasteiger partial charge in [0.15, 0.2) is 10.9 Å². The highest BCUT2D eigenvalue weighted by Gasteiger charge is 2.05. The van der Waals surface area contributed by atoms with Crippen LogP contribution in [0.25, 0.3) is 0 Å². The number of hydrogen-bond acceptors (Lipinski definition) is 3. The quantitative estimate of drug-likeness (QED) is 0.580. The molecule has 0 unspecified atom stereocenters. The topological polar surface area (TPSA) is 51.1 Å². The van der Waals surface area contributed by atoms with Crippen molar-refractivity contribution in [1.82, 2.24) is 9.78 Å². The normalized spacial score (nSPS) is 10.4. The fourth-order valence-electron chi connectivity index (χ4n) is 2.32. The molecular formula is C18H16Cl2N4OS. The van der Waals surface area contributed by atoms with Gasteiger partial charge in [-0.25, -0.2) is 0 Å². The van der Waals surface area contributed by atoms with Crippen LogP contribution in [0.1, 0.15) is 5.56 Å². The summed E-state index contributed by atoms with van der Waals surface area (Å²) in [7, 11) is 1.62. The summed E-state index contributed by atoms with van der Waals surface area (Å²) in [5, 5.41) is 12.1. The lowest BCUT2D eigenvalue weighted by atomic mass is 10.2. The second-order valence-corrected chi connectivity index (χ2v) is 6.68. The van der Waals surface area contributed by atoms with E-state index in [4.69, 9.17) is 40.2 Å². The molecule has 0 spiro atoms. The van der Waals surface area contributed by atoms with Crippen molar-refractivity contribution in [2.75, 3.05) is 17.7 Å². The van der Waals surface area contributed by atoms with Crippen LogP contribution in [0.15, 0.2) is 54.7 Å². The molecule has 0 aliphatic carbocycles. The van der Waals surface area contributed by atoms with Gasteiger partial charge in [-0.3, -0.25) is 4.68 Å². The summed E-state index contributed by atoms with van der Waals surface area (Å²) in [6, 6.07) is 14.9. The fraction of sp³-hybridized carbons (Fsp3) is 0.111. The summed E-state index contributed by atoms with van der Waals surface area (Å²) in [4.78, 5) is 0. The molecule has 0 atom stereocenters. The molecule has 1 heterocycles. The summed E-state index contributed by atoms with van der Waals surface area (Å²) in [5.41, 5.74) is 1.84. The van der Waals surface area contributed by atoms with E-state index in [9.17, 15) is 0 Å². The number of ether oxygens (including phenoxy) is 1. The number of aromatic nitrogens is 2. The monoisotopic (exact) mass is 406 g/mol. The lowest BCUT2D eigenvalue weighted by molar-refractivity contribution is 0.415. The third-order valence-electron chi connectivity index (χ3n) is 3.54. The second kappa shape index (κ2) is 8.40. The lowest BCUT2D eigenvalue weighted by Crippen LogP contribution is -2.19. The summed E-state index contributed by atoms with van der Waals surface area (Å²) in [5.74, 6) is 1.40. The van der Waals surface area contributed by atoms with E-state index < -0.39 is 0 Å². The number of nitrogens with zero attached hydrogens (tertiary/aromatic N) is 2. The van der Waals surface area contributed by atoms with Gasteiger partial charge in [0.05, 0.1) is 23.7 Å². The molecule has 26 heavy (non-hydrogen) atoms. The molecule has 2 aromatic carbocycles. The minimum Gasteiger partial charge on any atom is -0.497 e. The number of halogens is 2. The molecule has 0 saturated heterocycles. The van der Waals surface area contributed by atoms with E-state index in [0.29, 0.717) is 27.5 Å². The molecule has 0 radical (unpaired) electrons. The lowest BCUT2D eigenvalue weighted by Gasteiger charge is -2.09. The molecule has 3 rings (SSSR count). The Morgan fingerprint density at radius 1 is 1.12 bits per heavy atom. The van der Waals surface area contributed by atoms with E-state index in [1.54, 1.807) is 17.9 Å². The zero-order valence-corrected chi connectivity index (χ0v) is 16.2. The molecule has 134 valence electrons. The maximum Gasteiger partial charge on any atom is 0.176 e. The van der Waals surface area contributed by atoms with Gasteiger partial charge in [0.1, 0.15) is 5.75 Å². The smallest absolute Gasteiger partial charge is 0.176 e. The van der Waals surface area contributed by atoms with Crippen molar-refractivity contribution in [2.45, 2.75) is 6.54 Å². The van der Waals surface area contributed by atoms with E-state index in [1.807, 2.05) is 48.7 Å². The molecule has 0 amide bonds. The van der Waals surface area contributed by atoms with Gasteiger partial charge in [-0.15, -0.1) is 0 Å². The number of methoxy groups -OCH3 is 1. The largest absolute Gasteiger partial charge is 0.497 e. The van der Waals surface area contributed by atoms with Crippen molar-refractivity contribution >= 4 is 52.0 Å². The Balaban J connectivity index is 1.60. The highest BCUT2D eigenvalue weighted by molar-refractivity contribution is 7.80. The fourth-order valence-corrected chi connectivity index (χ4v) is 2.86. The van der Waals surface area contributed by atoms with Gasteiger partial charge in [-0.1, -0.05) is 35.3 Å². The summed E-state index contributed by atoms with van der Waals surface area (Å²) < 4.78 is 6.98. The Labute approximate surface area is 166 Å². The Kier molecular flexibility index (Phi) is 5.98. The highest BCUT2D eigenvalue weighted by Crippen LogP contribution is 2.23. The standard InChI is InChI=1S/C18H16Cl2N4OS/c1-25-14-4-2-3-13(10-14)21-18(26)22-17-7-8-24(23-17)11-12-5-6-15(19)16(20)9-12/h2-10H,11H2,1H3,(H2,21,22,23,26). The van der Waals surface area contributed by atoms with Gasteiger partial charge >= 0.3 is 0 Å². The molecule has 1 aromatic heterocycles. The van der Waals surface area contributed by atoms with Crippen LogP contribution in [0.3, 0.4) is 0 Å². The molecule has 8 heteroatoms. The molecule has 2 N–H and O–H groups in total. The third-order valence-corrected chi connectivity index (χ3v) is 4.48. The maximum absolute atomic E-state index is 6.04. The second-order valence-electron chi connectivity index (χ2n) is 5.46. The van der Waals surface area contributed by atoms with Crippen molar-refractivity contribution in [3.05, 3.63) is 70.3 Å². The van der Waals surface area contributed by atoms with Crippen LogP contribution >= 0.6 is 35.4 Å². The van der Waals surface area contributed by atoms with Gasteiger partial charge in [-0.05, 0) is 42.0 Å². The number of thiocarbonyl (C=S) groups is 1. The minimum absolute atomic E-state index is 0.443. The first kappa shape index (κ1) is 18.5. The molecule has 0 aliphatic rings. The number of nitrogens with one attached hydrogen (secondary N) is 2. The Morgan fingerprint density at radius 2 is 1.96 bits per heavy atom. The van der Waals surface area contributed by atoms with Crippen LogP contribution in [0, 0.1) is 0 Å². The van der Waals surface area contributed by atoms with Crippen LogP contribution in [-0.2, 0) is 6.54 Å². The summed E-state index contributed by atoms with van der Waals surface area (Å²) in [6.07, 6.45) is 1.86. The Morgan fingerprint density at radius 3 is 2.73 bits per heavy atom. The molecule has 0 fully saturated rings. The number of rotatable bonds is 5. The number of hydrogen-bond donors (Lipinski definition) is 2. The van der Waals surface area contributed by atoms with E-state index in [0.717, 1.165) is 17.0 Å². The van der Waals surface area contributed by atoms with Crippen molar-refractivity contribution in [2.24, 2.45) is 0 Å². The van der Waals surface area contributed by atoms with Crippen molar-refractivity contribution < 1.29 is 4.74 Å². The number of anilines is 2. The highest BCUT2D eigenvalue weighted by atomic mass is 35.5. The molecular weight excluding hydrogens is 391 g/mol. The first-order valence-electron chi connectivity index (χ1n) is 7.73. The van der Waals surface area contributed by atoms with Gasteiger partial charge in [0.25, 0.3) is 0 Å². The van der Waals surface area contributed by atoms with E-state index in [1.165, 1.54) is 0 Å². The summed E-state index contributed by atoms with van der Waals surface area (Å²) >= 11 is 17.3. The molecule has 5 nitrogen and oxygen atoms in total. The summed E-state index contributed by atoms with van der Waals surface area (Å²) in [6.45, 7) is 0.578. The van der Waals surface area contributed by atoms with Gasteiger partial charge in [0.2, 0.25) is 0 Å². The Hall–Kier alpha value is -2.28. The van der Waals surface area contributed by atoms with Gasteiger partial charge < -0.3 is 15.4 Å². The molecule has 0 saturated carbocycles. The van der Waals surface area contributed by atoms with E-state index in [-0.39, 0.29) is 0 Å². The average Bonchev–Trinajstić information content (AvgIpc) is 3.05. The Bertz CT molecular complexity index is 929. The van der Waals surface area contributed by atoms with Crippen LogP contribution in [-0.4, -0.2) is 22.0 Å². The van der Waals surface area contributed by atoms with Crippen molar-refractivity contribution in [1.29, 1.82) is 0 Å². The van der Waals surface area contributed by atoms with Crippen LogP contribution < -0.4 is 15.4 Å². The average molecular weight is 407 g/mol. The molecule has 3 aromatic rings. The third kappa shape index (κ3) is 4.88.